The summed E-state index contributed by atoms with van der Waals surface area (Å²) in [7, 11) is 0. The van der Waals surface area contributed by atoms with Crippen molar-refractivity contribution in [3.05, 3.63) is 0 Å². The van der Waals surface area contributed by atoms with E-state index in [1.165, 1.54) is 0 Å². The molecule has 0 N–H and O–H groups in total. The first kappa shape index (κ1) is 10.5. The first-order chi connectivity index (χ1) is 6.24. The van der Waals surface area contributed by atoms with Crippen LogP contribution in [0.25, 0.3) is 0 Å². The Balaban J connectivity index is 2.26. The van der Waals surface area contributed by atoms with E-state index in [9.17, 15) is 4.79 Å². The van der Waals surface area contributed by atoms with E-state index in [4.69, 9.17) is 14.2 Å². The molecule has 4 nitrogen and oxygen atoms in total. The topological polar surface area (TPSA) is 44.8 Å². The highest BCUT2D eigenvalue weighted by Gasteiger charge is 2.21. The molecule has 0 radical (unpaired) electrons. The molecule has 1 rings (SSSR count). The minimum atomic E-state index is -0.504. The lowest BCUT2D eigenvalue weighted by molar-refractivity contribution is -0.216. The summed E-state index contributed by atoms with van der Waals surface area (Å²) in [4.78, 5) is 11.3. The molecule has 1 aliphatic rings. The maximum atomic E-state index is 11.3. The molecule has 13 heavy (non-hydrogen) atoms. The van der Waals surface area contributed by atoms with Gasteiger partial charge >= 0.3 is 5.97 Å². The van der Waals surface area contributed by atoms with Gasteiger partial charge < -0.3 is 14.2 Å². The van der Waals surface area contributed by atoms with E-state index >= 15 is 0 Å². The Hall–Kier alpha value is -0.610. The second kappa shape index (κ2) is 5.19. The lowest BCUT2D eigenvalue weighted by Gasteiger charge is -2.23. The van der Waals surface area contributed by atoms with Crippen molar-refractivity contribution in [2.24, 2.45) is 5.92 Å². The normalized spacial score (nSPS) is 25.2. The molecule has 76 valence electrons. The van der Waals surface area contributed by atoms with Crippen LogP contribution in [0.15, 0.2) is 0 Å². The highest BCUT2D eigenvalue weighted by Crippen LogP contribution is 2.08. The number of ether oxygens (including phenoxy) is 3. The minimum absolute atomic E-state index is 0.0643. The standard InChI is InChI=1S/C9H16O4/c1-3-7(2)9(10)13-8-6-11-4-5-12-8/h7-8H,3-6H2,1-2H3. The van der Waals surface area contributed by atoms with Gasteiger partial charge in [0.2, 0.25) is 6.29 Å². The van der Waals surface area contributed by atoms with E-state index in [1.807, 2.05) is 13.8 Å². The van der Waals surface area contributed by atoms with Crippen LogP contribution in [0.3, 0.4) is 0 Å². The number of carbonyl (C=O) groups is 1. The predicted molar refractivity (Wildman–Crippen MR) is 46.1 cm³/mol. The van der Waals surface area contributed by atoms with Gasteiger partial charge in [-0.1, -0.05) is 13.8 Å². The average molecular weight is 188 g/mol. The Kier molecular flexibility index (Phi) is 4.18. The SMILES string of the molecule is CCC(C)C(=O)OC1COCCO1. The van der Waals surface area contributed by atoms with E-state index in [1.54, 1.807) is 0 Å². The highest BCUT2D eigenvalue weighted by molar-refractivity contribution is 5.71. The van der Waals surface area contributed by atoms with Crippen molar-refractivity contribution in [3.8, 4) is 0 Å². The van der Waals surface area contributed by atoms with Gasteiger partial charge in [0.15, 0.2) is 0 Å². The van der Waals surface area contributed by atoms with E-state index in [2.05, 4.69) is 0 Å². The minimum Gasteiger partial charge on any atom is -0.433 e. The molecule has 1 fully saturated rings. The van der Waals surface area contributed by atoms with Crippen LogP contribution in [0, 0.1) is 5.92 Å². The number of rotatable bonds is 3. The molecular weight excluding hydrogens is 172 g/mol. The summed E-state index contributed by atoms with van der Waals surface area (Å²) in [6.07, 6.45) is 0.280. The van der Waals surface area contributed by atoms with Gasteiger partial charge in [0.05, 0.1) is 19.1 Å². The molecule has 0 spiro atoms. The quantitative estimate of drug-likeness (QED) is 0.618. The Bertz CT molecular complexity index is 163. The van der Waals surface area contributed by atoms with Gasteiger partial charge in [-0.3, -0.25) is 4.79 Å². The van der Waals surface area contributed by atoms with E-state index in [0.717, 1.165) is 6.42 Å². The second-order valence-electron chi connectivity index (χ2n) is 3.12. The molecular formula is C9H16O4. The fourth-order valence-corrected chi connectivity index (χ4v) is 0.947. The zero-order valence-electron chi connectivity index (χ0n) is 8.12. The van der Waals surface area contributed by atoms with Crippen LogP contribution < -0.4 is 0 Å². The maximum absolute atomic E-state index is 11.3. The molecule has 1 heterocycles. The monoisotopic (exact) mass is 188 g/mol. The molecule has 2 atom stereocenters. The molecule has 0 aromatic heterocycles. The zero-order chi connectivity index (χ0) is 9.68. The molecule has 0 bridgehead atoms. The summed E-state index contributed by atoms with van der Waals surface area (Å²) in [5.74, 6) is -0.275. The van der Waals surface area contributed by atoms with Crippen LogP contribution in [0.1, 0.15) is 20.3 Å². The van der Waals surface area contributed by atoms with Crippen LogP contribution >= 0.6 is 0 Å². The Labute approximate surface area is 78.2 Å². The van der Waals surface area contributed by atoms with Crippen LogP contribution in [0.2, 0.25) is 0 Å². The largest absolute Gasteiger partial charge is 0.433 e. The van der Waals surface area contributed by atoms with Gasteiger partial charge in [0.1, 0.15) is 6.61 Å². The fraction of sp³-hybridized carbons (Fsp3) is 0.889. The van der Waals surface area contributed by atoms with Crippen LogP contribution in [0.4, 0.5) is 0 Å². The van der Waals surface area contributed by atoms with E-state index < -0.39 is 6.29 Å². The maximum Gasteiger partial charge on any atom is 0.311 e. The number of hydrogen-bond donors (Lipinski definition) is 0. The van der Waals surface area contributed by atoms with Gasteiger partial charge in [-0.25, -0.2) is 0 Å². The molecule has 1 aliphatic heterocycles. The van der Waals surface area contributed by atoms with Crippen molar-refractivity contribution in [1.82, 2.24) is 0 Å². The summed E-state index contributed by atoms with van der Waals surface area (Å²) in [5, 5.41) is 0. The third-order valence-corrected chi connectivity index (χ3v) is 2.05. The summed E-state index contributed by atoms with van der Waals surface area (Å²) in [6.45, 7) is 5.22. The predicted octanol–water partition coefficient (Wildman–Crippen LogP) is 0.949. The highest BCUT2D eigenvalue weighted by atomic mass is 16.7. The Morgan fingerprint density at radius 2 is 2.38 bits per heavy atom. The summed E-state index contributed by atoms with van der Waals surface area (Å²) in [6, 6.07) is 0. The van der Waals surface area contributed by atoms with Crippen molar-refractivity contribution < 1.29 is 19.0 Å². The third kappa shape index (κ3) is 3.32. The summed E-state index contributed by atoms with van der Waals surface area (Å²) >= 11 is 0. The second-order valence-corrected chi connectivity index (χ2v) is 3.12. The molecule has 0 aromatic rings. The molecule has 0 aliphatic carbocycles. The van der Waals surface area contributed by atoms with Gasteiger partial charge in [-0.05, 0) is 6.42 Å². The van der Waals surface area contributed by atoms with Gasteiger partial charge in [0.25, 0.3) is 0 Å². The Morgan fingerprint density at radius 1 is 1.62 bits per heavy atom. The molecule has 4 heteroatoms. The molecule has 0 amide bonds. The lowest BCUT2D eigenvalue weighted by atomic mass is 10.1. The molecule has 0 aromatic carbocycles. The van der Waals surface area contributed by atoms with Crippen LogP contribution in [0.5, 0.6) is 0 Å². The van der Waals surface area contributed by atoms with E-state index in [0.29, 0.717) is 19.8 Å². The summed E-state index contributed by atoms with van der Waals surface area (Å²) < 4.78 is 15.3. The average Bonchev–Trinajstić information content (AvgIpc) is 2.18. The lowest BCUT2D eigenvalue weighted by Crippen LogP contribution is -2.34. The number of esters is 1. The number of hydrogen-bond acceptors (Lipinski definition) is 4. The van der Waals surface area contributed by atoms with Gasteiger partial charge in [-0.2, -0.15) is 0 Å². The van der Waals surface area contributed by atoms with Crippen molar-refractivity contribution >= 4 is 5.97 Å². The van der Waals surface area contributed by atoms with E-state index in [-0.39, 0.29) is 11.9 Å². The first-order valence-electron chi connectivity index (χ1n) is 4.64. The van der Waals surface area contributed by atoms with Crippen molar-refractivity contribution in [2.45, 2.75) is 26.6 Å². The fourth-order valence-electron chi connectivity index (χ4n) is 0.947. The van der Waals surface area contributed by atoms with Gasteiger partial charge in [0, 0.05) is 0 Å². The molecule has 2 unspecified atom stereocenters. The molecule has 0 saturated carbocycles. The van der Waals surface area contributed by atoms with Gasteiger partial charge in [-0.15, -0.1) is 0 Å². The van der Waals surface area contributed by atoms with Crippen LogP contribution in [-0.2, 0) is 19.0 Å². The first-order valence-corrected chi connectivity index (χ1v) is 4.64. The number of carbonyl (C=O) groups excluding carboxylic acids is 1. The Morgan fingerprint density at radius 3 is 2.92 bits per heavy atom. The smallest absolute Gasteiger partial charge is 0.311 e. The molecule has 1 saturated heterocycles. The van der Waals surface area contributed by atoms with Crippen molar-refractivity contribution in [2.75, 3.05) is 19.8 Å². The zero-order valence-corrected chi connectivity index (χ0v) is 8.12. The third-order valence-electron chi connectivity index (χ3n) is 2.05. The van der Waals surface area contributed by atoms with Crippen molar-refractivity contribution in [3.63, 3.8) is 0 Å². The van der Waals surface area contributed by atoms with Crippen molar-refractivity contribution in [1.29, 1.82) is 0 Å². The van der Waals surface area contributed by atoms with Crippen LogP contribution in [-0.4, -0.2) is 32.1 Å². The summed E-state index contributed by atoms with van der Waals surface area (Å²) in [5.41, 5.74) is 0.